The molecule has 6 nitrogen and oxygen atoms in total. The molecule has 4 rings (SSSR count). The summed E-state index contributed by atoms with van der Waals surface area (Å²) in [6.45, 7) is 1.74. The van der Waals surface area contributed by atoms with E-state index in [1.54, 1.807) is 13.0 Å². The van der Waals surface area contributed by atoms with Crippen LogP contribution in [0.4, 0.5) is 8.78 Å². The average Bonchev–Trinajstić information content (AvgIpc) is 2.81. The summed E-state index contributed by atoms with van der Waals surface area (Å²) < 4.78 is 34.2. The lowest BCUT2D eigenvalue weighted by atomic mass is 9.98. The summed E-state index contributed by atoms with van der Waals surface area (Å²) in [5, 5.41) is 10.1. The van der Waals surface area contributed by atoms with E-state index in [0.717, 1.165) is 17.7 Å². The Morgan fingerprint density at radius 3 is 2.53 bits per heavy atom. The number of hydrogen-bond donors (Lipinski definition) is 3. The molecular formula is C25H22F2N2O4S. The number of aromatic amines is 2. The highest BCUT2D eigenvalue weighted by molar-refractivity contribution is 7.99. The van der Waals surface area contributed by atoms with Gasteiger partial charge in [0, 0.05) is 27.8 Å². The van der Waals surface area contributed by atoms with Crippen LogP contribution in [-0.2, 0) is 11.3 Å². The summed E-state index contributed by atoms with van der Waals surface area (Å²) >= 11 is 1.22. The number of aliphatic hydroxyl groups excluding tert-OH is 1. The minimum absolute atomic E-state index is 0.134. The number of ether oxygens (including phenoxy) is 1. The van der Waals surface area contributed by atoms with Crippen molar-refractivity contribution >= 4 is 22.7 Å². The maximum atomic E-state index is 14.8. The average molecular weight is 485 g/mol. The van der Waals surface area contributed by atoms with Crippen LogP contribution in [0.5, 0.6) is 0 Å². The molecular weight excluding hydrogens is 462 g/mol. The van der Waals surface area contributed by atoms with Crippen LogP contribution in [-0.4, -0.2) is 33.5 Å². The van der Waals surface area contributed by atoms with Gasteiger partial charge in [0.1, 0.15) is 11.6 Å². The smallest absolute Gasteiger partial charge is 0.326 e. The molecule has 0 aliphatic heterocycles. The van der Waals surface area contributed by atoms with Gasteiger partial charge < -0.3 is 14.8 Å². The molecule has 0 saturated carbocycles. The number of benzene rings is 3. The zero-order valence-corrected chi connectivity index (χ0v) is 19.0. The minimum Gasteiger partial charge on any atom is -0.394 e. The second-order valence-electron chi connectivity index (χ2n) is 7.76. The van der Waals surface area contributed by atoms with Crippen molar-refractivity contribution in [3.63, 3.8) is 0 Å². The fraction of sp³-hybridized carbons (Fsp3) is 0.200. The number of aryl methyl sites for hydroxylation is 1. The maximum absolute atomic E-state index is 14.8. The molecule has 0 spiro atoms. The molecule has 0 aliphatic rings. The normalized spacial score (nSPS) is 12.2. The number of aliphatic hydroxyl groups is 1. The quantitative estimate of drug-likeness (QED) is 0.327. The standard InChI is InChI=1S/C25H22F2N2O4S/c1-14-9-19-22(28-25(32)29-24(19)31)23(21(14)18-8-7-16(26)10-20(18)27)34-13-17(11-30)33-12-15-5-3-2-4-6-15/h2-10,17,30H,11-13H2,1H3,(H2,28,29,31,32)/t17-/m0/s1. The van der Waals surface area contributed by atoms with E-state index in [4.69, 9.17) is 4.74 Å². The van der Waals surface area contributed by atoms with Gasteiger partial charge in [0.15, 0.2) is 0 Å². The first-order chi connectivity index (χ1) is 16.4. The van der Waals surface area contributed by atoms with E-state index in [0.29, 0.717) is 16.0 Å². The van der Waals surface area contributed by atoms with Crippen molar-refractivity contribution in [2.75, 3.05) is 12.4 Å². The van der Waals surface area contributed by atoms with Gasteiger partial charge in [-0.15, -0.1) is 11.8 Å². The molecule has 3 N–H and O–H groups in total. The van der Waals surface area contributed by atoms with E-state index in [-0.39, 0.29) is 35.4 Å². The van der Waals surface area contributed by atoms with Gasteiger partial charge in [0.05, 0.1) is 30.2 Å². The monoisotopic (exact) mass is 484 g/mol. The van der Waals surface area contributed by atoms with E-state index in [1.807, 2.05) is 30.3 Å². The lowest BCUT2D eigenvalue weighted by molar-refractivity contribution is 0.0174. The molecule has 0 unspecified atom stereocenters. The van der Waals surface area contributed by atoms with Crippen LogP contribution >= 0.6 is 11.8 Å². The van der Waals surface area contributed by atoms with Crippen molar-refractivity contribution in [1.82, 2.24) is 9.97 Å². The second-order valence-corrected chi connectivity index (χ2v) is 8.80. The number of rotatable bonds is 8. The summed E-state index contributed by atoms with van der Waals surface area (Å²) in [4.78, 5) is 29.8. The summed E-state index contributed by atoms with van der Waals surface area (Å²) in [7, 11) is 0. The highest BCUT2D eigenvalue weighted by atomic mass is 32.2. The molecule has 0 aliphatic carbocycles. The van der Waals surface area contributed by atoms with Gasteiger partial charge in [-0.3, -0.25) is 9.78 Å². The van der Waals surface area contributed by atoms with E-state index in [9.17, 15) is 23.5 Å². The third-order valence-corrected chi connectivity index (χ3v) is 6.57. The van der Waals surface area contributed by atoms with Crippen LogP contribution in [0.2, 0.25) is 0 Å². The Bertz CT molecular complexity index is 1440. The van der Waals surface area contributed by atoms with E-state index in [2.05, 4.69) is 9.97 Å². The van der Waals surface area contributed by atoms with Crippen molar-refractivity contribution in [2.45, 2.75) is 24.5 Å². The Hall–Kier alpha value is -3.27. The van der Waals surface area contributed by atoms with E-state index in [1.165, 1.54) is 17.8 Å². The van der Waals surface area contributed by atoms with Crippen molar-refractivity contribution in [3.8, 4) is 11.1 Å². The SMILES string of the molecule is Cc1cc2c(=O)[nH]c(=O)[nH]c2c(SC[C@H](CO)OCc2ccccc2)c1-c1ccc(F)cc1F. The number of halogens is 2. The van der Waals surface area contributed by atoms with Crippen LogP contribution in [0, 0.1) is 18.6 Å². The number of hydrogen-bond acceptors (Lipinski definition) is 5. The van der Waals surface area contributed by atoms with Crippen molar-refractivity contribution in [3.05, 3.63) is 98.2 Å². The zero-order chi connectivity index (χ0) is 24.2. The van der Waals surface area contributed by atoms with Crippen LogP contribution in [0.15, 0.2) is 69.1 Å². The van der Waals surface area contributed by atoms with Crippen molar-refractivity contribution in [2.24, 2.45) is 0 Å². The minimum atomic E-state index is -0.768. The molecule has 0 saturated heterocycles. The molecule has 176 valence electrons. The molecule has 0 radical (unpaired) electrons. The largest absolute Gasteiger partial charge is 0.394 e. The molecule has 0 bridgehead atoms. The molecule has 0 fully saturated rings. The number of H-pyrrole nitrogens is 2. The molecule has 1 aromatic heterocycles. The predicted octanol–water partition coefficient (Wildman–Crippen LogP) is 4.14. The Morgan fingerprint density at radius 2 is 1.82 bits per heavy atom. The van der Waals surface area contributed by atoms with Gasteiger partial charge in [0.25, 0.3) is 5.56 Å². The number of aromatic nitrogens is 2. The van der Waals surface area contributed by atoms with Crippen molar-refractivity contribution < 1.29 is 18.6 Å². The van der Waals surface area contributed by atoms with Gasteiger partial charge in [-0.1, -0.05) is 30.3 Å². The maximum Gasteiger partial charge on any atom is 0.326 e. The molecule has 3 aromatic carbocycles. The fourth-order valence-corrected chi connectivity index (χ4v) is 4.97. The topological polar surface area (TPSA) is 95.2 Å². The van der Waals surface area contributed by atoms with Gasteiger partial charge in [0.2, 0.25) is 0 Å². The summed E-state index contributed by atoms with van der Waals surface area (Å²) in [5.41, 5.74) is 1.04. The molecule has 0 amide bonds. The Morgan fingerprint density at radius 1 is 1.06 bits per heavy atom. The molecule has 34 heavy (non-hydrogen) atoms. The first-order valence-corrected chi connectivity index (χ1v) is 11.5. The van der Waals surface area contributed by atoms with Crippen molar-refractivity contribution in [1.29, 1.82) is 0 Å². The van der Waals surface area contributed by atoms with Crippen LogP contribution in [0.3, 0.4) is 0 Å². The van der Waals surface area contributed by atoms with Gasteiger partial charge in [-0.25, -0.2) is 13.6 Å². The first-order valence-electron chi connectivity index (χ1n) is 10.5. The van der Waals surface area contributed by atoms with Crippen LogP contribution in [0.1, 0.15) is 11.1 Å². The van der Waals surface area contributed by atoms with E-state index >= 15 is 0 Å². The number of nitrogens with one attached hydrogen (secondary N) is 2. The lowest BCUT2D eigenvalue weighted by Crippen LogP contribution is -2.23. The predicted molar refractivity (Wildman–Crippen MR) is 128 cm³/mol. The number of thioether (sulfide) groups is 1. The number of fused-ring (bicyclic) bond motifs is 1. The Balaban J connectivity index is 1.76. The summed E-state index contributed by atoms with van der Waals surface area (Å²) in [5.74, 6) is -1.23. The summed E-state index contributed by atoms with van der Waals surface area (Å²) in [6, 6.07) is 14.3. The highest BCUT2D eigenvalue weighted by Gasteiger charge is 2.21. The van der Waals surface area contributed by atoms with Crippen LogP contribution in [0.25, 0.3) is 22.0 Å². The lowest BCUT2D eigenvalue weighted by Gasteiger charge is -2.19. The molecule has 1 heterocycles. The molecule has 1 atom stereocenters. The second kappa shape index (κ2) is 10.3. The molecule has 9 heteroatoms. The first kappa shape index (κ1) is 23.9. The van der Waals surface area contributed by atoms with Gasteiger partial charge in [-0.2, -0.15) is 0 Å². The zero-order valence-electron chi connectivity index (χ0n) is 18.2. The summed E-state index contributed by atoms with van der Waals surface area (Å²) in [6.07, 6.45) is -0.569. The Kier molecular flexibility index (Phi) is 7.26. The van der Waals surface area contributed by atoms with Crippen LogP contribution < -0.4 is 11.2 Å². The third-order valence-electron chi connectivity index (χ3n) is 5.34. The van der Waals surface area contributed by atoms with E-state index < -0.39 is 29.0 Å². The fourth-order valence-electron chi connectivity index (χ4n) is 3.70. The van der Waals surface area contributed by atoms with Gasteiger partial charge in [-0.05, 0) is 36.2 Å². The third kappa shape index (κ3) is 5.11. The molecule has 4 aromatic rings. The Labute approximate surface area is 197 Å². The van der Waals surface area contributed by atoms with Gasteiger partial charge >= 0.3 is 5.69 Å². The highest BCUT2D eigenvalue weighted by Crippen LogP contribution is 2.40.